The van der Waals surface area contributed by atoms with E-state index in [-0.39, 0.29) is 18.0 Å². The van der Waals surface area contributed by atoms with Gasteiger partial charge in [-0.25, -0.2) is 4.79 Å². The summed E-state index contributed by atoms with van der Waals surface area (Å²) in [5, 5.41) is 2.85. The van der Waals surface area contributed by atoms with E-state index in [1.165, 1.54) is 4.90 Å². The van der Waals surface area contributed by atoms with E-state index in [0.717, 1.165) is 6.42 Å². The molecule has 1 N–H and O–H groups in total. The maximum absolute atomic E-state index is 12.3. The summed E-state index contributed by atoms with van der Waals surface area (Å²) in [6, 6.07) is 6.98. The zero-order chi connectivity index (χ0) is 16.9. The van der Waals surface area contributed by atoms with Crippen LogP contribution in [0.2, 0.25) is 0 Å². The highest BCUT2D eigenvalue weighted by Crippen LogP contribution is 2.15. The number of nitrogens with zero attached hydrogens (tertiary/aromatic N) is 2. The number of urea groups is 1. The fourth-order valence-electron chi connectivity index (χ4n) is 2.24. The Bertz CT molecular complexity index is 526. The molecule has 0 saturated heterocycles. The number of anilines is 1. The molecule has 0 heterocycles. The quantitative estimate of drug-likeness (QED) is 0.907. The van der Waals surface area contributed by atoms with Crippen LogP contribution in [0.15, 0.2) is 24.3 Å². The standard InChI is InChI=1S/C17H27N3O2/c1-12(2)10-13(3)20(6)17(22)18-15-9-7-8-14(11-15)16(21)19(4)5/h7-9,11-13H,10H2,1-6H3,(H,18,22)/t13-/m1/s1. The van der Waals surface area contributed by atoms with Gasteiger partial charge in [0.1, 0.15) is 0 Å². The Morgan fingerprint density at radius 3 is 2.32 bits per heavy atom. The Hall–Kier alpha value is -2.04. The van der Waals surface area contributed by atoms with Gasteiger partial charge in [-0.15, -0.1) is 0 Å². The van der Waals surface area contributed by atoms with Crippen molar-refractivity contribution in [3.05, 3.63) is 29.8 Å². The van der Waals surface area contributed by atoms with E-state index >= 15 is 0 Å². The van der Waals surface area contributed by atoms with Crippen molar-refractivity contribution < 1.29 is 9.59 Å². The van der Waals surface area contributed by atoms with Crippen molar-refractivity contribution in [3.8, 4) is 0 Å². The van der Waals surface area contributed by atoms with Gasteiger partial charge >= 0.3 is 6.03 Å². The third kappa shape index (κ3) is 5.06. The third-order valence-corrected chi connectivity index (χ3v) is 3.56. The number of rotatable bonds is 5. The maximum Gasteiger partial charge on any atom is 0.321 e. The van der Waals surface area contributed by atoms with E-state index in [2.05, 4.69) is 19.2 Å². The van der Waals surface area contributed by atoms with Gasteiger partial charge in [0, 0.05) is 38.4 Å². The Kier molecular flexibility index (Phi) is 6.40. The molecule has 1 atom stereocenters. The average Bonchev–Trinajstić information content (AvgIpc) is 2.44. The van der Waals surface area contributed by atoms with Gasteiger partial charge in [-0.3, -0.25) is 4.79 Å². The van der Waals surface area contributed by atoms with Crippen LogP contribution in [-0.4, -0.2) is 48.9 Å². The third-order valence-electron chi connectivity index (χ3n) is 3.56. The van der Waals surface area contributed by atoms with E-state index in [1.54, 1.807) is 50.3 Å². The lowest BCUT2D eigenvalue weighted by atomic mass is 10.0. The molecule has 0 aliphatic rings. The second kappa shape index (κ2) is 7.82. The van der Waals surface area contributed by atoms with Gasteiger partial charge in [-0.05, 0) is 37.5 Å². The number of hydrogen-bond donors (Lipinski definition) is 1. The molecule has 0 aromatic heterocycles. The van der Waals surface area contributed by atoms with Crippen molar-refractivity contribution in [2.24, 2.45) is 5.92 Å². The smallest absolute Gasteiger partial charge is 0.321 e. The molecule has 3 amide bonds. The monoisotopic (exact) mass is 305 g/mol. The highest BCUT2D eigenvalue weighted by atomic mass is 16.2. The lowest BCUT2D eigenvalue weighted by Crippen LogP contribution is -2.38. The fourth-order valence-corrected chi connectivity index (χ4v) is 2.24. The molecular weight excluding hydrogens is 278 g/mol. The lowest BCUT2D eigenvalue weighted by Gasteiger charge is -2.26. The Morgan fingerprint density at radius 2 is 1.77 bits per heavy atom. The number of carbonyl (C=O) groups is 2. The molecule has 0 radical (unpaired) electrons. The van der Waals surface area contributed by atoms with Crippen LogP contribution in [-0.2, 0) is 0 Å². The summed E-state index contributed by atoms with van der Waals surface area (Å²) >= 11 is 0. The Morgan fingerprint density at radius 1 is 1.14 bits per heavy atom. The molecule has 0 fully saturated rings. The van der Waals surface area contributed by atoms with Crippen molar-refractivity contribution in [3.63, 3.8) is 0 Å². The highest BCUT2D eigenvalue weighted by molar-refractivity contribution is 5.96. The van der Waals surface area contributed by atoms with E-state index in [1.807, 2.05) is 6.92 Å². The summed E-state index contributed by atoms with van der Waals surface area (Å²) in [6.45, 7) is 6.31. The van der Waals surface area contributed by atoms with Crippen LogP contribution in [0.25, 0.3) is 0 Å². The van der Waals surface area contributed by atoms with Gasteiger partial charge in [-0.2, -0.15) is 0 Å². The van der Waals surface area contributed by atoms with Crippen LogP contribution < -0.4 is 5.32 Å². The molecule has 5 nitrogen and oxygen atoms in total. The summed E-state index contributed by atoms with van der Waals surface area (Å²) in [6.07, 6.45) is 0.947. The summed E-state index contributed by atoms with van der Waals surface area (Å²) in [5.41, 5.74) is 1.18. The van der Waals surface area contributed by atoms with Crippen LogP contribution in [0, 0.1) is 5.92 Å². The van der Waals surface area contributed by atoms with E-state index in [4.69, 9.17) is 0 Å². The molecule has 5 heteroatoms. The minimum atomic E-state index is -0.164. The van der Waals surface area contributed by atoms with Crippen LogP contribution in [0.5, 0.6) is 0 Å². The van der Waals surface area contributed by atoms with Crippen molar-refractivity contribution in [1.82, 2.24) is 9.80 Å². The Balaban J connectivity index is 2.76. The van der Waals surface area contributed by atoms with Gasteiger partial charge < -0.3 is 15.1 Å². The number of benzene rings is 1. The molecule has 0 aliphatic carbocycles. The molecule has 0 saturated carbocycles. The fraction of sp³-hybridized carbons (Fsp3) is 0.529. The van der Waals surface area contributed by atoms with E-state index < -0.39 is 0 Å². The van der Waals surface area contributed by atoms with Gasteiger partial charge in [0.25, 0.3) is 5.91 Å². The molecule has 1 aromatic carbocycles. The van der Waals surface area contributed by atoms with Crippen molar-refractivity contribution in [1.29, 1.82) is 0 Å². The van der Waals surface area contributed by atoms with Crippen molar-refractivity contribution in [2.75, 3.05) is 26.5 Å². The molecule has 22 heavy (non-hydrogen) atoms. The average molecular weight is 305 g/mol. The molecule has 122 valence electrons. The largest absolute Gasteiger partial charge is 0.345 e. The Labute approximate surface area is 133 Å². The van der Waals surface area contributed by atoms with Gasteiger partial charge in [-0.1, -0.05) is 19.9 Å². The maximum atomic E-state index is 12.3. The highest BCUT2D eigenvalue weighted by Gasteiger charge is 2.17. The summed E-state index contributed by atoms with van der Waals surface area (Å²) in [7, 11) is 5.20. The number of carbonyl (C=O) groups excluding carboxylic acids is 2. The topological polar surface area (TPSA) is 52.7 Å². The number of amides is 3. The summed E-state index contributed by atoms with van der Waals surface area (Å²) in [4.78, 5) is 27.4. The molecule has 0 spiro atoms. The first-order valence-corrected chi connectivity index (χ1v) is 7.58. The molecular formula is C17H27N3O2. The second-order valence-electron chi connectivity index (χ2n) is 6.30. The first-order valence-electron chi connectivity index (χ1n) is 7.58. The summed E-state index contributed by atoms with van der Waals surface area (Å²) in [5.74, 6) is 0.448. The first kappa shape index (κ1) is 18.0. The molecule has 0 bridgehead atoms. The molecule has 1 aromatic rings. The van der Waals surface area contributed by atoms with Crippen LogP contribution in [0.3, 0.4) is 0 Å². The molecule has 1 rings (SSSR count). The normalized spacial score (nSPS) is 12.0. The van der Waals surface area contributed by atoms with E-state index in [0.29, 0.717) is 17.2 Å². The van der Waals surface area contributed by atoms with Crippen LogP contribution >= 0.6 is 0 Å². The lowest BCUT2D eigenvalue weighted by molar-refractivity contribution is 0.0827. The predicted octanol–water partition coefficient (Wildman–Crippen LogP) is 3.29. The number of hydrogen-bond acceptors (Lipinski definition) is 2. The zero-order valence-corrected chi connectivity index (χ0v) is 14.4. The van der Waals surface area contributed by atoms with Crippen molar-refractivity contribution >= 4 is 17.6 Å². The summed E-state index contributed by atoms with van der Waals surface area (Å²) < 4.78 is 0. The van der Waals surface area contributed by atoms with Gasteiger partial charge in [0.2, 0.25) is 0 Å². The predicted molar refractivity (Wildman–Crippen MR) is 90.2 cm³/mol. The van der Waals surface area contributed by atoms with Crippen LogP contribution in [0.4, 0.5) is 10.5 Å². The SMILES string of the molecule is CC(C)C[C@@H](C)N(C)C(=O)Nc1cccc(C(=O)N(C)C)c1. The number of nitrogens with one attached hydrogen (secondary N) is 1. The molecule has 0 aliphatic heterocycles. The molecule has 0 unspecified atom stereocenters. The van der Waals surface area contributed by atoms with E-state index in [9.17, 15) is 9.59 Å². The van der Waals surface area contributed by atoms with Gasteiger partial charge in [0.05, 0.1) is 0 Å². The van der Waals surface area contributed by atoms with Crippen LogP contribution in [0.1, 0.15) is 37.6 Å². The first-order chi connectivity index (χ1) is 10.2. The van der Waals surface area contributed by atoms with Crippen molar-refractivity contribution in [2.45, 2.75) is 33.2 Å². The second-order valence-corrected chi connectivity index (χ2v) is 6.30. The minimum Gasteiger partial charge on any atom is -0.345 e. The zero-order valence-electron chi connectivity index (χ0n) is 14.4. The van der Waals surface area contributed by atoms with Gasteiger partial charge in [0.15, 0.2) is 0 Å². The minimum absolute atomic E-state index is 0.0855.